The molecule has 4 atom stereocenters. The van der Waals surface area contributed by atoms with Crippen LogP contribution in [-0.2, 0) is 23.7 Å². The molecule has 0 aromatic heterocycles. The van der Waals surface area contributed by atoms with Crippen molar-refractivity contribution in [3.8, 4) is 0 Å². The molecule has 170 valence electrons. The number of hydrogen-bond donors (Lipinski definition) is 1. The Hall–Kier alpha value is -1.06. The maximum absolute atomic E-state index is 10.1. The van der Waals surface area contributed by atoms with Crippen LogP contribution in [0.4, 0.5) is 0 Å². The van der Waals surface area contributed by atoms with Gasteiger partial charge in [-0.2, -0.15) is 0 Å². The highest BCUT2D eigenvalue weighted by molar-refractivity contribution is 5.19. The first kappa shape index (κ1) is 23.6. The third-order valence-corrected chi connectivity index (χ3v) is 5.25. The lowest BCUT2D eigenvalue weighted by Gasteiger charge is -2.35. The molecular weight excluding hydrogens is 386 g/mol. The average molecular weight is 424 g/mol. The highest BCUT2D eigenvalue weighted by Gasteiger charge is 2.40. The van der Waals surface area contributed by atoms with Crippen LogP contribution in [0.5, 0.6) is 0 Å². The normalized spacial score (nSPS) is 28.1. The monoisotopic (exact) mass is 423 g/mol. The Balaban J connectivity index is 1.38. The average Bonchev–Trinajstić information content (AvgIpc) is 3.26. The third-order valence-electron chi connectivity index (χ3n) is 5.25. The second-order valence-electron chi connectivity index (χ2n) is 9.52. The van der Waals surface area contributed by atoms with Crippen LogP contribution in [0.15, 0.2) is 30.3 Å². The molecule has 0 aliphatic carbocycles. The molecule has 1 aromatic carbocycles. The lowest BCUT2D eigenvalue weighted by Crippen LogP contribution is -2.42. The quantitative estimate of drug-likeness (QED) is 0.655. The van der Waals surface area contributed by atoms with Crippen molar-refractivity contribution in [2.45, 2.75) is 70.5 Å². The first-order valence-electron chi connectivity index (χ1n) is 10.8. The fraction of sp³-hybridized carbons (Fsp3) is 0.739. The number of aliphatic hydroxyl groups is 1. The predicted octanol–water partition coefficient (Wildman–Crippen LogP) is 2.73. The Morgan fingerprint density at radius 1 is 1.10 bits per heavy atom. The van der Waals surface area contributed by atoms with Gasteiger partial charge in [0.25, 0.3) is 0 Å². The summed E-state index contributed by atoms with van der Waals surface area (Å²) >= 11 is 0. The highest BCUT2D eigenvalue weighted by Crippen LogP contribution is 2.35. The molecule has 30 heavy (non-hydrogen) atoms. The van der Waals surface area contributed by atoms with Crippen LogP contribution < -0.4 is 0 Å². The summed E-state index contributed by atoms with van der Waals surface area (Å²) in [5, 5.41) is 10.1. The standard InChI is InChI=1S/C23H37NO6/c1-22(2,3)24-11-19(29-21(24)17-9-7-6-8-10-17)14-26-12-18(25)13-27-15-20-16-28-23(4,5)30-20/h6-10,18-21,25H,11-16H2,1-5H3/t18?,19-,20+,21?/m1/s1. The van der Waals surface area contributed by atoms with E-state index in [0.717, 1.165) is 12.1 Å². The minimum absolute atomic E-state index is 0.0246. The van der Waals surface area contributed by atoms with Crippen molar-refractivity contribution >= 4 is 0 Å². The molecule has 2 fully saturated rings. The molecule has 2 heterocycles. The van der Waals surface area contributed by atoms with Crippen molar-refractivity contribution in [3.05, 3.63) is 35.9 Å². The van der Waals surface area contributed by atoms with Crippen molar-refractivity contribution in [3.63, 3.8) is 0 Å². The molecule has 0 saturated carbocycles. The van der Waals surface area contributed by atoms with Crippen LogP contribution in [0.2, 0.25) is 0 Å². The summed E-state index contributed by atoms with van der Waals surface area (Å²) in [7, 11) is 0. The van der Waals surface area contributed by atoms with E-state index in [0.29, 0.717) is 19.8 Å². The van der Waals surface area contributed by atoms with Gasteiger partial charge >= 0.3 is 0 Å². The summed E-state index contributed by atoms with van der Waals surface area (Å²) in [6, 6.07) is 10.3. The summed E-state index contributed by atoms with van der Waals surface area (Å²) in [4.78, 5) is 2.35. The summed E-state index contributed by atoms with van der Waals surface area (Å²) < 4.78 is 28.8. The summed E-state index contributed by atoms with van der Waals surface area (Å²) in [6.07, 6.45) is -0.927. The van der Waals surface area contributed by atoms with E-state index in [1.54, 1.807) is 0 Å². The molecule has 7 nitrogen and oxygen atoms in total. The lowest BCUT2D eigenvalue weighted by molar-refractivity contribution is -0.147. The molecule has 0 amide bonds. The highest BCUT2D eigenvalue weighted by atomic mass is 16.7. The van der Waals surface area contributed by atoms with Gasteiger partial charge in [-0.05, 0) is 40.2 Å². The maximum atomic E-state index is 10.1. The molecule has 1 N–H and O–H groups in total. The van der Waals surface area contributed by atoms with Crippen molar-refractivity contribution < 1.29 is 28.8 Å². The van der Waals surface area contributed by atoms with E-state index in [1.165, 1.54) is 0 Å². The van der Waals surface area contributed by atoms with E-state index < -0.39 is 11.9 Å². The largest absolute Gasteiger partial charge is 0.388 e. The van der Waals surface area contributed by atoms with Gasteiger partial charge in [-0.1, -0.05) is 30.3 Å². The fourth-order valence-corrected chi connectivity index (χ4v) is 3.77. The summed E-state index contributed by atoms with van der Waals surface area (Å²) in [5.41, 5.74) is 1.12. The van der Waals surface area contributed by atoms with Gasteiger partial charge in [-0.3, -0.25) is 4.90 Å². The van der Waals surface area contributed by atoms with E-state index in [4.69, 9.17) is 23.7 Å². The van der Waals surface area contributed by atoms with Crippen LogP contribution in [0.1, 0.15) is 46.4 Å². The van der Waals surface area contributed by atoms with Gasteiger partial charge in [0.05, 0.1) is 39.1 Å². The topological polar surface area (TPSA) is 69.6 Å². The number of hydrogen-bond acceptors (Lipinski definition) is 7. The molecule has 0 spiro atoms. The number of ether oxygens (including phenoxy) is 5. The van der Waals surface area contributed by atoms with Crippen LogP contribution in [-0.4, -0.2) is 79.2 Å². The Kier molecular flexibility index (Phi) is 7.90. The molecule has 2 aliphatic heterocycles. The SMILES string of the molecule is CC1(C)OC[C@H](COCC(O)COC[C@H]2CN(C(C)(C)C)C(c3ccccc3)O2)O1. The molecular formula is C23H37NO6. The van der Waals surface area contributed by atoms with E-state index in [1.807, 2.05) is 32.0 Å². The maximum Gasteiger partial charge on any atom is 0.163 e. The van der Waals surface area contributed by atoms with Crippen molar-refractivity contribution in [2.24, 2.45) is 0 Å². The summed E-state index contributed by atoms with van der Waals surface area (Å²) in [6.45, 7) is 12.9. The molecule has 2 saturated heterocycles. The van der Waals surface area contributed by atoms with E-state index in [9.17, 15) is 5.11 Å². The molecule has 0 bridgehead atoms. The zero-order valence-corrected chi connectivity index (χ0v) is 18.9. The second-order valence-corrected chi connectivity index (χ2v) is 9.52. The van der Waals surface area contributed by atoms with Crippen molar-refractivity contribution in [2.75, 3.05) is 39.6 Å². The van der Waals surface area contributed by atoms with Crippen molar-refractivity contribution in [1.29, 1.82) is 0 Å². The van der Waals surface area contributed by atoms with Crippen LogP contribution in [0, 0.1) is 0 Å². The van der Waals surface area contributed by atoms with Gasteiger partial charge in [0.15, 0.2) is 5.79 Å². The zero-order valence-electron chi connectivity index (χ0n) is 18.9. The zero-order chi connectivity index (χ0) is 21.8. The smallest absolute Gasteiger partial charge is 0.163 e. The van der Waals surface area contributed by atoms with Gasteiger partial charge in [0.1, 0.15) is 18.4 Å². The predicted molar refractivity (Wildman–Crippen MR) is 113 cm³/mol. The van der Waals surface area contributed by atoms with Gasteiger partial charge < -0.3 is 28.8 Å². The van der Waals surface area contributed by atoms with Gasteiger partial charge in [0.2, 0.25) is 0 Å². The number of rotatable bonds is 9. The lowest BCUT2D eigenvalue weighted by atomic mass is 10.0. The third kappa shape index (κ3) is 6.72. The molecule has 2 aliphatic rings. The van der Waals surface area contributed by atoms with E-state index in [-0.39, 0.29) is 37.2 Å². The number of aliphatic hydroxyl groups excluding tert-OH is 1. The minimum Gasteiger partial charge on any atom is -0.388 e. The van der Waals surface area contributed by atoms with Crippen LogP contribution in [0.3, 0.4) is 0 Å². The Morgan fingerprint density at radius 2 is 1.73 bits per heavy atom. The second kappa shape index (κ2) is 10.0. The Bertz CT molecular complexity index is 647. The van der Waals surface area contributed by atoms with E-state index in [2.05, 4.69) is 37.8 Å². The van der Waals surface area contributed by atoms with Crippen LogP contribution >= 0.6 is 0 Å². The van der Waals surface area contributed by atoms with E-state index >= 15 is 0 Å². The summed E-state index contributed by atoms with van der Waals surface area (Å²) in [5.74, 6) is -0.560. The Labute approximate surface area is 180 Å². The number of benzene rings is 1. The fourth-order valence-electron chi connectivity index (χ4n) is 3.77. The van der Waals surface area contributed by atoms with Gasteiger partial charge in [0, 0.05) is 12.1 Å². The minimum atomic E-state index is -0.689. The van der Waals surface area contributed by atoms with Crippen molar-refractivity contribution in [1.82, 2.24) is 4.90 Å². The first-order valence-corrected chi connectivity index (χ1v) is 10.8. The van der Waals surface area contributed by atoms with Gasteiger partial charge in [-0.25, -0.2) is 0 Å². The number of nitrogens with zero attached hydrogens (tertiary/aromatic N) is 1. The molecule has 2 unspecified atom stereocenters. The Morgan fingerprint density at radius 3 is 2.30 bits per heavy atom. The van der Waals surface area contributed by atoms with Gasteiger partial charge in [-0.15, -0.1) is 0 Å². The molecule has 1 aromatic rings. The molecule has 0 radical (unpaired) electrons. The first-order chi connectivity index (χ1) is 14.1. The van der Waals surface area contributed by atoms with Crippen LogP contribution in [0.25, 0.3) is 0 Å². The molecule has 3 rings (SSSR count). The molecule has 7 heteroatoms.